The summed E-state index contributed by atoms with van der Waals surface area (Å²) in [7, 11) is -7.35. The standard InChI is InChI=1S/C37H47N3O8S2/c41-27-37(12-13-37)49(43,44)34-6-2-5-33(21-34)47-26-32(42)23-38-31-22-36(48-25-31)14-18-40(19-15-36)50(45,46)35-7-1-4-30(20-35)29-10-8-28(9-11-29)24-39-16-3-17-39/h1-2,4-11,20-21,31-32,38,41-42H,3,12-19,22-27H2. The number of sulfone groups is 1. The highest BCUT2D eigenvalue weighted by atomic mass is 32.2. The largest absolute Gasteiger partial charge is 0.491 e. The molecule has 3 N–H and O–H groups in total. The summed E-state index contributed by atoms with van der Waals surface area (Å²) in [5.74, 6) is 0.335. The molecule has 3 aliphatic heterocycles. The topological polar surface area (TPSA) is 146 Å². The first-order valence-electron chi connectivity index (χ1n) is 17.6. The van der Waals surface area contributed by atoms with Gasteiger partial charge in [-0.15, -0.1) is 0 Å². The summed E-state index contributed by atoms with van der Waals surface area (Å²) in [6.45, 7) is 4.27. The molecule has 0 bridgehead atoms. The van der Waals surface area contributed by atoms with E-state index in [2.05, 4.69) is 34.5 Å². The van der Waals surface area contributed by atoms with Crippen LogP contribution in [0.5, 0.6) is 5.75 Å². The summed E-state index contributed by atoms with van der Waals surface area (Å²) in [6, 6.07) is 21.8. The zero-order chi connectivity index (χ0) is 35.0. The Hall–Kier alpha value is -2.88. The van der Waals surface area contributed by atoms with Crippen molar-refractivity contribution < 1.29 is 36.5 Å². The molecular weight excluding hydrogens is 679 g/mol. The number of rotatable bonds is 14. The lowest BCUT2D eigenvalue weighted by molar-refractivity contribution is -0.0312. The van der Waals surface area contributed by atoms with Gasteiger partial charge in [0.25, 0.3) is 0 Å². The fourth-order valence-electron chi connectivity index (χ4n) is 7.23. The van der Waals surface area contributed by atoms with Crippen LogP contribution in [-0.2, 0) is 31.1 Å². The Bertz CT molecular complexity index is 1870. The van der Waals surface area contributed by atoms with Gasteiger partial charge in [0.15, 0.2) is 9.84 Å². The van der Waals surface area contributed by atoms with Crippen molar-refractivity contribution in [2.24, 2.45) is 0 Å². The average molecular weight is 726 g/mol. The van der Waals surface area contributed by atoms with Crippen LogP contribution in [0.3, 0.4) is 0 Å². The number of nitrogens with zero attached hydrogens (tertiary/aromatic N) is 2. The first kappa shape index (κ1) is 35.5. The smallest absolute Gasteiger partial charge is 0.243 e. The highest BCUT2D eigenvalue weighted by molar-refractivity contribution is 7.93. The average Bonchev–Trinajstić information content (AvgIpc) is 3.84. The van der Waals surface area contributed by atoms with E-state index in [1.54, 1.807) is 34.6 Å². The van der Waals surface area contributed by atoms with E-state index in [9.17, 15) is 27.0 Å². The van der Waals surface area contributed by atoms with Crippen molar-refractivity contribution in [3.05, 3.63) is 78.4 Å². The van der Waals surface area contributed by atoms with Crippen molar-refractivity contribution in [1.82, 2.24) is 14.5 Å². The summed E-state index contributed by atoms with van der Waals surface area (Å²) < 4.78 is 65.7. The van der Waals surface area contributed by atoms with Gasteiger partial charge < -0.3 is 25.0 Å². The van der Waals surface area contributed by atoms with Crippen molar-refractivity contribution >= 4 is 19.9 Å². The number of hydrogen-bond acceptors (Lipinski definition) is 10. The summed E-state index contributed by atoms with van der Waals surface area (Å²) in [5.41, 5.74) is 2.72. The highest BCUT2D eigenvalue weighted by Crippen LogP contribution is 2.46. The van der Waals surface area contributed by atoms with Crippen LogP contribution in [0.25, 0.3) is 11.1 Å². The molecule has 1 aliphatic carbocycles. The van der Waals surface area contributed by atoms with Gasteiger partial charge in [-0.05, 0) is 98.6 Å². The minimum absolute atomic E-state index is 0.00321. The first-order valence-corrected chi connectivity index (χ1v) is 20.5. The molecule has 2 atom stereocenters. The molecule has 4 fully saturated rings. The third-order valence-corrected chi connectivity index (χ3v) is 15.3. The zero-order valence-electron chi connectivity index (χ0n) is 28.2. The predicted octanol–water partition coefficient (Wildman–Crippen LogP) is 3.20. The Balaban J connectivity index is 0.876. The number of likely N-dealkylation sites (tertiary alicyclic amines) is 1. The molecule has 0 aromatic heterocycles. The number of ether oxygens (including phenoxy) is 2. The Labute approximate surface area is 295 Å². The minimum atomic E-state index is -3.68. The predicted molar refractivity (Wildman–Crippen MR) is 189 cm³/mol. The zero-order valence-corrected chi connectivity index (χ0v) is 29.9. The molecule has 3 heterocycles. The van der Waals surface area contributed by atoms with Gasteiger partial charge in [0.1, 0.15) is 18.5 Å². The molecule has 2 unspecified atom stereocenters. The third-order valence-electron chi connectivity index (χ3n) is 10.8. The number of nitrogens with one attached hydrogen (secondary N) is 1. The summed E-state index contributed by atoms with van der Waals surface area (Å²) >= 11 is 0. The molecule has 50 heavy (non-hydrogen) atoms. The maximum atomic E-state index is 13.7. The van der Waals surface area contributed by atoms with E-state index >= 15 is 0 Å². The van der Waals surface area contributed by atoms with Crippen molar-refractivity contribution in [2.75, 3.05) is 52.5 Å². The van der Waals surface area contributed by atoms with Gasteiger partial charge in [-0.2, -0.15) is 4.31 Å². The van der Waals surface area contributed by atoms with Crippen molar-refractivity contribution in [1.29, 1.82) is 0 Å². The van der Waals surface area contributed by atoms with Crippen LogP contribution in [0.2, 0.25) is 0 Å². The lowest BCUT2D eigenvalue weighted by Crippen LogP contribution is -2.47. The molecular formula is C37H47N3O8S2. The lowest BCUT2D eigenvalue weighted by Gasteiger charge is -2.38. The van der Waals surface area contributed by atoms with E-state index in [4.69, 9.17) is 9.47 Å². The molecule has 13 heteroatoms. The highest BCUT2D eigenvalue weighted by Gasteiger charge is 2.54. The van der Waals surface area contributed by atoms with Crippen LogP contribution in [0, 0.1) is 0 Å². The number of hydrogen-bond donors (Lipinski definition) is 3. The van der Waals surface area contributed by atoms with Gasteiger partial charge >= 0.3 is 0 Å². The van der Waals surface area contributed by atoms with Gasteiger partial charge in [0.2, 0.25) is 10.0 Å². The molecule has 0 radical (unpaired) electrons. The molecule has 1 saturated carbocycles. The molecule has 3 aromatic carbocycles. The molecule has 0 amide bonds. The maximum Gasteiger partial charge on any atom is 0.243 e. The Morgan fingerprint density at radius 2 is 1.60 bits per heavy atom. The fraction of sp³-hybridized carbons (Fsp3) is 0.514. The van der Waals surface area contributed by atoms with Crippen LogP contribution in [-0.4, -0.2) is 111 Å². The second-order valence-corrected chi connectivity index (χ2v) is 18.6. The lowest BCUT2D eigenvalue weighted by atomic mass is 9.88. The quantitative estimate of drug-likeness (QED) is 0.227. The van der Waals surface area contributed by atoms with Gasteiger partial charge in [-0.25, -0.2) is 16.8 Å². The van der Waals surface area contributed by atoms with Crippen LogP contribution < -0.4 is 10.1 Å². The van der Waals surface area contributed by atoms with E-state index in [0.717, 1.165) is 30.8 Å². The van der Waals surface area contributed by atoms with E-state index in [0.29, 0.717) is 62.4 Å². The number of benzene rings is 3. The van der Waals surface area contributed by atoms with Crippen LogP contribution in [0.1, 0.15) is 44.1 Å². The van der Waals surface area contributed by atoms with Crippen LogP contribution >= 0.6 is 0 Å². The second kappa shape index (κ2) is 14.3. The molecule has 7 rings (SSSR count). The van der Waals surface area contributed by atoms with E-state index < -0.39 is 42.9 Å². The normalized spacial score (nSPS) is 22.6. The third kappa shape index (κ3) is 7.38. The SMILES string of the molecule is O=S(=O)(c1cccc(-c2ccc(CN3CCC3)cc2)c1)N1CCC2(CC1)CC(NCC(O)COc1cccc(S(=O)(=O)C3(CO)CC3)c1)CO2. The molecule has 11 nitrogen and oxygen atoms in total. The Kier molecular flexibility index (Phi) is 10.1. The Morgan fingerprint density at radius 3 is 2.28 bits per heavy atom. The molecule has 4 aliphatic rings. The van der Waals surface area contributed by atoms with Gasteiger partial charge in [-0.1, -0.05) is 42.5 Å². The van der Waals surface area contributed by atoms with Crippen molar-refractivity contribution in [3.63, 3.8) is 0 Å². The maximum absolute atomic E-state index is 13.7. The number of aliphatic hydroxyl groups is 2. The summed E-state index contributed by atoms with van der Waals surface area (Å²) in [4.78, 5) is 2.81. The number of aliphatic hydroxyl groups excluding tert-OH is 2. The monoisotopic (exact) mass is 725 g/mol. The van der Waals surface area contributed by atoms with Gasteiger partial charge in [-0.3, -0.25) is 4.90 Å². The van der Waals surface area contributed by atoms with Gasteiger partial charge in [0, 0.05) is 32.2 Å². The number of piperidine rings is 1. The fourth-order valence-corrected chi connectivity index (χ4v) is 10.6. The molecule has 270 valence electrons. The van der Waals surface area contributed by atoms with Gasteiger partial charge in [0.05, 0.1) is 33.4 Å². The summed E-state index contributed by atoms with van der Waals surface area (Å²) in [5, 5.41) is 23.6. The van der Waals surface area contributed by atoms with E-state index in [1.165, 1.54) is 24.1 Å². The van der Waals surface area contributed by atoms with E-state index in [-0.39, 0.29) is 24.1 Å². The van der Waals surface area contributed by atoms with Crippen molar-refractivity contribution in [3.8, 4) is 16.9 Å². The number of sulfonamides is 1. The molecule has 3 saturated heterocycles. The minimum Gasteiger partial charge on any atom is -0.491 e. The van der Waals surface area contributed by atoms with Crippen LogP contribution in [0.15, 0.2) is 82.6 Å². The first-order chi connectivity index (χ1) is 24.0. The van der Waals surface area contributed by atoms with Crippen LogP contribution in [0.4, 0.5) is 0 Å². The van der Waals surface area contributed by atoms with Crippen molar-refractivity contribution in [2.45, 2.75) is 77.4 Å². The Morgan fingerprint density at radius 1 is 0.880 bits per heavy atom. The molecule has 3 aromatic rings. The second-order valence-electron chi connectivity index (χ2n) is 14.3. The molecule has 1 spiro atoms. The summed E-state index contributed by atoms with van der Waals surface area (Å²) in [6.07, 6.45) is 3.18. The van der Waals surface area contributed by atoms with E-state index in [1.807, 2.05) is 6.07 Å².